The van der Waals surface area contributed by atoms with Crippen LogP contribution >= 0.6 is 11.6 Å². The van der Waals surface area contributed by atoms with E-state index < -0.39 is 0 Å². The summed E-state index contributed by atoms with van der Waals surface area (Å²) in [6.45, 7) is 4.00. The zero-order chi connectivity index (χ0) is 11.3. The molecule has 2 heteroatoms. The SMILES string of the molecule is CC#CCC(C)c1ccc(OC)c(Cl)c1. The first-order valence-electron chi connectivity index (χ1n) is 4.92. The molecule has 0 N–H and O–H groups in total. The van der Waals surface area contributed by atoms with Crippen LogP contribution in [0.3, 0.4) is 0 Å². The zero-order valence-corrected chi connectivity index (χ0v) is 10.1. The highest BCUT2D eigenvalue weighted by Crippen LogP contribution is 2.29. The lowest BCUT2D eigenvalue weighted by molar-refractivity contribution is 0.415. The molecule has 1 nitrogen and oxygen atoms in total. The van der Waals surface area contributed by atoms with Gasteiger partial charge in [-0.2, -0.15) is 0 Å². The fourth-order valence-corrected chi connectivity index (χ4v) is 1.63. The molecule has 0 amide bonds. The smallest absolute Gasteiger partial charge is 0.137 e. The number of hydrogen-bond donors (Lipinski definition) is 0. The van der Waals surface area contributed by atoms with Gasteiger partial charge in [-0.3, -0.25) is 0 Å². The highest BCUT2D eigenvalue weighted by molar-refractivity contribution is 6.32. The zero-order valence-electron chi connectivity index (χ0n) is 9.30. The van der Waals surface area contributed by atoms with Crippen LogP contribution in [-0.4, -0.2) is 7.11 Å². The molecule has 1 unspecified atom stereocenters. The summed E-state index contributed by atoms with van der Waals surface area (Å²) in [5.74, 6) is 7.09. The number of methoxy groups -OCH3 is 1. The Balaban J connectivity index is 2.85. The fraction of sp³-hybridized carbons (Fsp3) is 0.385. The van der Waals surface area contributed by atoms with Gasteiger partial charge in [-0.05, 0) is 30.5 Å². The van der Waals surface area contributed by atoms with E-state index in [1.165, 1.54) is 5.56 Å². The lowest BCUT2D eigenvalue weighted by Gasteiger charge is -2.10. The molecule has 15 heavy (non-hydrogen) atoms. The summed E-state index contributed by atoms with van der Waals surface area (Å²) in [4.78, 5) is 0. The Hall–Kier alpha value is -1.13. The molecule has 80 valence electrons. The van der Waals surface area contributed by atoms with Gasteiger partial charge in [0.15, 0.2) is 0 Å². The molecule has 0 spiro atoms. The quantitative estimate of drug-likeness (QED) is 0.706. The summed E-state index contributed by atoms with van der Waals surface area (Å²) in [7, 11) is 1.62. The molecule has 0 fully saturated rings. The average molecular weight is 223 g/mol. The van der Waals surface area contributed by atoms with Gasteiger partial charge in [0.1, 0.15) is 5.75 Å². The predicted molar refractivity (Wildman–Crippen MR) is 64.5 cm³/mol. The van der Waals surface area contributed by atoms with Crippen molar-refractivity contribution < 1.29 is 4.74 Å². The predicted octanol–water partition coefficient (Wildman–Crippen LogP) is 3.87. The maximum Gasteiger partial charge on any atom is 0.137 e. The van der Waals surface area contributed by atoms with E-state index in [1.807, 2.05) is 25.1 Å². The minimum atomic E-state index is 0.404. The van der Waals surface area contributed by atoms with Crippen molar-refractivity contribution in [3.8, 4) is 17.6 Å². The second kappa shape index (κ2) is 5.68. The molecule has 1 aromatic rings. The molecule has 1 aromatic carbocycles. The van der Waals surface area contributed by atoms with Gasteiger partial charge >= 0.3 is 0 Å². The van der Waals surface area contributed by atoms with Crippen molar-refractivity contribution in [1.82, 2.24) is 0 Å². The van der Waals surface area contributed by atoms with Gasteiger partial charge in [0, 0.05) is 6.42 Å². The number of halogens is 1. The summed E-state index contributed by atoms with van der Waals surface area (Å²) in [6, 6.07) is 5.88. The largest absolute Gasteiger partial charge is 0.495 e. The maximum atomic E-state index is 6.05. The van der Waals surface area contributed by atoms with E-state index in [2.05, 4.69) is 18.8 Å². The third-order valence-corrected chi connectivity index (χ3v) is 2.63. The lowest BCUT2D eigenvalue weighted by Crippen LogP contribution is -1.93. The van der Waals surface area contributed by atoms with Crippen LogP contribution in [0.15, 0.2) is 18.2 Å². The van der Waals surface area contributed by atoms with E-state index in [9.17, 15) is 0 Å². The van der Waals surface area contributed by atoms with Gasteiger partial charge in [0.25, 0.3) is 0 Å². The Morgan fingerprint density at radius 2 is 2.20 bits per heavy atom. The lowest BCUT2D eigenvalue weighted by atomic mass is 9.98. The van der Waals surface area contributed by atoms with E-state index in [0.29, 0.717) is 16.7 Å². The summed E-state index contributed by atoms with van der Waals surface area (Å²) >= 11 is 6.05. The second-order valence-corrected chi connectivity index (χ2v) is 3.83. The number of ether oxygens (including phenoxy) is 1. The summed E-state index contributed by atoms with van der Waals surface area (Å²) in [5, 5.41) is 0.659. The van der Waals surface area contributed by atoms with E-state index in [1.54, 1.807) is 7.11 Å². The van der Waals surface area contributed by atoms with Crippen LogP contribution in [0.4, 0.5) is 0 Å². The highest BCUT2D eigenvalue weighted by atomic mass is 35.5. The summed E-state index contributed by atoms with van der Waals surface area (Å²) in [6.07, 6.45) is 0.860. The molecule has 0 saturated heterocycles. The van der Waals surface area contributed by atoms with Crippen LogP contribution in [-0.2, 0) is 0 Å². The minimum Gasteiger partial charge on any atom is -0.495 e. The van der Waals surface area contributed by atoms with Gasteiger partial charge in [0.2, 0.25) is 0 Å². The van der Waals surface area contributed by atoms with Crippen molar-refractivity contribution in [1.29, 1.82) is 0 Å². The number of rotatable bonds is 3. The van der Waals surface area contributed by atoms with Crippen molar-refractivity contribution >= 4 is 11.6 Å². The van der Waals surface area contributed by atoms with Crippen LogP contribution in [0.1, 0.15) is 31.7 Å². The third kappa shape index (κ3) is 3.18. The Kier molecular flexibility index (Phi) is 4.52. The molecule has 0 heterocycles. The summed E-state index contributed by atoms with van der Waals surface area (Å²) in [5.41, 5.74) is 1.20. The first-order chi connectivity index (χ1) is 7.19. The van der Waals surface area contributed by atoms with E-state index >= 15 is 0 Å². The van der Waals surface area contributed by atoms with E-state index in [-0.39, 0.29) is 0 Å². The molecule has 0 aliphatic rings. The summed E-state index contributed by atoms with van der Waals surface area (Å²) < 4.78 is 5.10. The maximum absolute atomic E-state index is 6.05. The number of benzene rings is 1. The molecule has 0 saturated carbocycles. The van der Waals surface area contributed by atoms with Crippen molar-refractivity contribution in [2.45, 2.75) is 26.2 Å². The average Bonchev–Trinajstić information content (AvgIpc) is 2.25. The Bertz CT molecular complexity index is 387. The van der Waals surface area contributed by atoms with Crippen molar-refractivity contribution in [2.75, 3.05) is 7.11 Å². The molecule has 0 radical (unpaired) electrons. The fourth-order valence-electron chi connectivity index (χ4n) is 1.36. The third-order valence-electron chi connectivity index (χ3n) is 2.33. The Labute approximate surface area is 96.4 Å². The highest BCUT2D eigenvalue weighted by Gasteiger charge is 2.07. The Morgan fingerprint density at radius 1 is 1.47 bits per heavy atom. The normalized spacial score (nSPS) is 11.5. The van der Waals surface area contributed by atoms with Gasteiger partial charge in [-0.15, -0.1) is 11.8 Å². The standard InChI is InChI=1S/C13H15ClO/c1-4-5-6-10(2)11-7-8-13(15-3)12(14)9-11/h7-10H,6H2,1-3H3. The van der Waals surface area contributed by atoms with Gasteiger partial charge in [-0.1, -0.05) is 24.6 Å². The second-order valence-electron chi connectivity index (χ2n) is 3.43. The van der Waals surface area contributed by atoms with Gasteiger partial charge in [0.05, 0.1) is 12.1 Å². The number of hydrogen-bond acceptors (Lipinski definition) is 1. The van der Waals surface area contributed by atoms with Gasteiger partial charge in [-0.25, -0.2) is 0 Å². The molecule has 0 bridgehead atoms. The molecule has 0 aromatic heterocycles. The van der Waals surface area contributed by atoms with Crippen LogP contribution in [0.5, 0.6) is 5.75 Å². The van der Waals surface area contributed by atoms with Crippen LogP contribution < -0.4 is 4.74 Å². The van der Waals surface area contributed by atoms with Crippen molar-refractivity contribution in [2.24, 2.45) is 0 Å². The van der Waals surface area contributed by atoms with Gasteiger partial charge < -0.3 is 4.74 Å². The monoisotopic (exact) mass is 222 g/mol. The van der Waals surface area contributed by atoms with Crippen molar-refractivity contribution in [3.63, 3.8) is 0 Å². The topological polar surface area (TPSA) is 9.23 Å². The Morgan fingerprint density at radius 3 is 2.73 bits per heavy atom. The molecule has 1 atom stereocenters. The molecule has 0 aliphatic carbocycles. The van der Waals surface area contributed by atoms with Crippen LogP contribution in [0.25, 0.3) is 0 Å². The first-order valence-corrected chi connectivity index (χ1v) is 5.30. The molecule has 0 aliphatic heterocycles. The van der Waals surface area contributed by atoms with E-state index in [4.69, 9.17) is 16.3 Å². The minimum absolute atomic E-state index is 0.404. The molecule has 1 rings (SSSR count). The molecular weight excluding hydrogens is 208 g/mol. The van der Waals surface area contributed by atoms with E-state index in [0.717, 1.165) is 6.42 Å². The van der Waals surface area contributed by atoms with Crippen LogP contribution in [0, 0.1) is 11.8 Å². The van der Waals surface area contributed by atoms with Crippen LogP contribution in [0.2, 0.25) is 5.02 Å². The molecular formula is C13H15ClO. The first kappa shape index (κ1) is 11.9. The van der Waals surface area contributed by atoms with Crippen molar-refractivity contribution in [3.05, 3.63) is 28.8 Å².